The number of para-hydroxylation sites is 1. The lowest BCUT2D eigenvalue weighted by molar-refractivity contribution is 0.0892. The lowest BCUT2D eigenvalue weighted by Crippen LogP contribution is -2.47. The summed E-state index contributed by atoms with van der Waals surface area (Å²) in [5.41, 5.74) is 0. The Balaban J connectivity index is 0.00000300. The maximum atomic E-state index is 6.10. The van der Waals surface area contributed by atoms with Gasteiger partial charge in [-0.2, -0.15) is 0 Å². The van der Waals surface area contributed by atoms with Crippen molar-refractivity contribution >= 4 is 29.9 Å². The standard InChI is InChI=1S/C22H35N3O3.HI/c1-2-23-22(24-12-6-15-26-17-19-11-16-27-18-19)25-13-9-21(10-14-25)28-20-7-4-3-5-8-20;/h3-5,7-8,19,21H,2,6,9-18H2,1H3,(H,23,24);1H. The van der Waals surface area contributed by atoms with Crippen molar-refractivity contribution in [2.24, 2.45) is 10.9 Å². The van der Waals surface area contributed by atoms with Crippen LogP contribution in [0.25, 0.3) is 0 Å². The first-order valence-corrected chi connectivity index (χ1v) is 10.8. The van der Waals surface area contributed by atoms with E-state index in [-0.39, 0.29) is 30.1 Å². The molecule has 0 radical (unpaired) electrons. The van der Waals surface area contributed by atoms with Gasteiger partial charge < -0.3 is 24.4 Å². The second-order valence-corrected chi connectivity index (χ2v) is 7.51. The second-order valence-electron chi connectivity index (χ2n) is 7.51. The van der Waals surface area contributed by atoms with Crippen molar-refractivity contribution in [2.45, 2.75) is 38.7 Å². The van der Waals surface area contributed by atoms with Crippen LogP contribution >= 0.6 is 24.0 Å². The van der Waals surface area contributed by atoms with Gasteiger partial charge in [0.2, 0.25) is 0 Å². The molecule has 1 unspecified atom stereocenters. The summed E-state index contributed by atoms with van der Waals surface area (Å²) in [6.07, 6.45) is 4.41. The van der Waals surface area contributed by atoms with Gasteiger partial charge in [-0.15, -0.1) is 24.0 Å². The van der Waals surface area contributed by atoms with Gasteiger partial charge >= 0.3 is 0 Å². The summed E-state index contributed by atoms with van der Waals surface area (Å²) >= 11 is 0. The molecule has 0 bridgehead atoms. The van der Waals surface area contributed by atoms with Crippen LogP contribution in [0.3, 0.4) is 0 Å². The molecule has 2 saturated heterocycles. The van der Waals surface area contributed by atoms with Gasteiger partial charge in [-0.25, -0.2) is 0 Å². The normalized spacial score (nSPS) is 20.4. The predicted octanol–water partition coefficient (Wildman–Crippen LogP) is 3.56. The fraction of sp³-hybridized carbons (Fsp3) is 0.682. The Labute approximate surface area is 192 Å². The predicted molar refractivity (Wildman–Crippen MR) is 127 cm³/mol. The Morgan fingerprint density at radius 1 is 1.21 bits per heavy atom. The smallest absolute Gasteiger partial charge is 0.193 e. The molecule has 2 aliphatic rings. The van der Waals surface area contributed by atoms with E-state index >= 15 is 0 Å². The molecule has 0 amide bonds. The molecule has 3 rings (SSSR count). The van der Waals surface area contributed by atoms with Gasteiger partial charge in [0.15, 0.2) is 5.96 Å². The first-order chi connectivity index (χ1) is 13.8. The first-order valence-electron chi connectivity index (χ1n) is 10.8. The Morgan fingerprint density at radius 2 is 2.00 bits per heavy atom. The van der Waals surface area contributed by atoms with Gasteiger partial charge in [-0.1, -0.05) is 18.2 Å². The van der Waals surface area contributed by atoms with Crippen molar-refractivity contribution in [3.05, 3.63) is 30.3 Å². The number of likely N-dealkylation sites (tertiary alicyclic amines) is 1. The molecule has 0 spiro atoms. The van der Waals surface area contributed by atoms with Crippen LogP contribution in [-0.4, -0.2) is 69.6 Å². The van der Waals surface area contributed by atoms with Gasteiger partial charge in [0.25, 0.3) is 0 Å². The lowest BCUT2D eigenvalue weighted by atomic mass is 10.1. The van der Waals surface area contributed by atoms with E-state index in [0.29, 0.717) is 5.92 Å². The third kappa shape index (κ3) is 8.68. The number of rotatable bonds is 9. The minimum atomic E-state index is 0. The van der Waals surface area contributed by atoms with Gasteiger partial charge in [-0.05, 0) is 31.9 Å². The minimum Gasteiger partial charge on any atom is -0.490 e. The summed E-state index contributed by atoms with van der Waals surface area (Å²) in [5, 5.41) is 3.43. The number of piperidine rings is 1. The maximum absolute atomic E-state index is 6.10. The van der Waals surface area contributed by atoms with E-state index in [0.717, 1.165) is 90.0 Å². The summed E-state index contributed by atoms with van der Waals surface area (Å²) < 4.78 is 17.3. The maximum Gasteiger partial charge on any atom is 0.193 e. The highest BCUT2D eigenvalue weighted by atomic mass is 127. The SMILES string of the molecule is CCNC(=NCCCOCC1CCOC1)N1CCC(Oc2ccccc2)CC1.I. The number of halogens is 1. The second kappa shape index (κ2) is 14.0. The van der Waals surface area contributed by atoms with Crippen LogP contribution in [0.2, 0.25) is 0 Å². The molecule has 2 heterocycles. The molecule has 1 N–H and O–H groups in total. The fourth-order valence-electron chi connectivity index (χ4n) is 3.62. The van der Waals surface area contributed by atoms with E-state index < -0.39 is 0 Å². The number of ether oxygens (including phenoxy) is 3. The number of benzene rings is 1. The van der Waals surface area contributed by atoms with E-state index in [2.05, 4.69) is 17.1 Å². The van der Waals surface area contributed by atoms with Crippen molar-refractivity contribution < 1.29 is 14.2 Å². The summed E-state index contributed by atoms with van der Waals surface area (Å²) in [5.74, 6) is 2.57. The van der Waals surface area contributed by atoms with Crippen LogP contribution < -0.4 is 10.1 Å². The molecule has 0 aromatic heterocycles. The monoisotopic (exact) mass is 517 g/mol. The molecule has 29 heavy (non-hydrogen) atoms. The van der Waals surface area contributed by atoms with Gasteiger partial charge in [0.1, 0.15) is 11.9 Å². The van der Waals surface area contributed by atoms with Crippen molar-refractivity contribution in [1.29, 1.82) is 0 Å². The lowest BCUT2D eigenvalue weighted by Gasteiger charge is -2.34. The molecule has 0 saturated carbocycles. The molecule has 1 aromatic carbocycles. The average molecular weight is 517 g/mol. The van der Waals surface area contributed by atoms with Crippen molar-refractivity contribution in [3.8, 4) is 5.75 Å². The van der Waals surface area contributed by atoms with Crippen molar-refractivity contribution in [1.82, 2.24) is 10.2 Å². The van der Waals surface area contributed by atoms with E-state index in [1.807, 2.05) is 30.3 Å². The van der Waals surface area contributed by atoms with Crippen molar-refractivity contribution in [2.75, 3.05) is 52.6 Å². The molecule has 6 nitrogen and oxygen atoms in total. The Morgan fingerprint density at radius 3 is 2.69 bits per heavy atom. The zero-order valence-corrected chi connectivity index (χ0v) is 19.9. The molecule has 1 atom stereocenters. The highest BCUT2D eigenvalue weighted by Gasteiger charge is 2.22. The Kier molecular flexibility index (Phi) is 11.7. The number of hydrogen-bond donors (Lipinski definition) is 1. The quantitative estimate of drug-likeness (QED) is 0.235. The average Bonchev–Trinajstić information content (AvgIpc) is 3.25. The highest BCUT2D eigenvalue weighted by molar-refractivity contribution is 14.0. The number of aliphatic imine (C=N–C) groups is 1. The van der Waals surface area contributed by atoms with Crippen LogP contribution in [0.4, 0.5) is 0 Å². The zero-order valence-electron chi connectivity index (χ0n) is 17.6. The number of nitrogens with zero attached hydrogens (tertiary/aromatic N) is 2. The Bertz CT molecular complexity index is 574. The summed E-state index contributed by atoms with van der Waals surface area (Å²) in [7, 11) is 0. The van der Waals surface area contributed by atoms with Crippen LogP contribution in [0.5, 0.6) is 5.75 Å². The van der Waals surface area contributed by atoms with Gasteiger partial charge in [0.05, 0.1) is 13.2 Å². The summed E-state index contributed by atoms with van der Waals surface area (Å²) in [4.78, 5) is 7.15. The number of guanidine groups is 1. The van der Waals surface area contributed by atoms with E-state index in [9.17, 15) is 0 Å². The fourth-order valence-corrected chi connectivity index (χ4v) is 3.62. The van der Waals surface area contributed by atoms with Crippen molar-refractivity contribution in [3.63, 3.8) is 0 Å². The van der Waals surface area contributed by atoms with Crippen LogP contribution in [0.15, 0.2) is 35.3 Å². The molecule has 1 aromatic rings. The molecule has 2 fully saturated rings. The summed E-state index contributed by atoms with van der Waals surface area (Å²) in [6, 6.07) is 10.1. The molecule has 164 valence electrons. The molecular formula is C22H36IN3O3. The van der Waals surface area contributed by atoms with E-state index in [4.69, 9.17) is 19.2 Å². The zero-order chi connectivity index (χ0) is 19.4. The number of nitrogens with one attached hydrogen (secondary N) is 1. The van der Waals surface area contributed by atoms with E-state index in [1.165, 1.54) is 0 Å². The minimum absolute atomic E-state index is 0. The molecular weight excluding hydrogens is 481 g/mol. The molecule has 7 heteroatoms. The topological polar surface area (TPSA) is 55.3 Å². The third-order valence-electron chi connectivity index (χ3n) is 5.21. The summed E-state index contributed by atoms with van der Waals surface area (Å²) in [6.45, 7) is 9.08. The molecule has 2 aliphatic heterocycles. The van der Waals surface area contributed by atoms with Crippen LogP contribution in [0, 0.1) is 5.92 Å². The van der Waals surface area contributed by atoms with Gasteiger partial charge in [0, 0.05) is 58.2 Å². The number of hydrogen-bond acceptors (Lipinski definition) is 4. The Hall–Kier alpha value is -1.06. The van der Waals surface area contributed by atoms with E-state index in [1.54, 1.807) is 0 Å². The highest BCUT2D eigenvalue weighted by Crippen LogP contribution is 2.18. The molecule has 0 aliphatic carbocycles. The largest absolute Gasteiger partial charge is 0.490 e. The first kappa shape index (κ1) is 24.2. The van der Waals surface area contributed by atoms with Crippen LogP contribution in [0.1, 0.15) is 32.6 Å². The van der Waals surface area contributed by atoms with Gasteiger partial charge in [-0.3, -0.25) is 4.99 Å². The van der Waals surface area contributed by atoms with Crippen LogP contribution in [-0.2, 0) is 9.47 Å². The third-order valence-corrected chi connectivity index (χ3v) is 5.21.